The molecule has 1 amide bonds. The van der Waals surface area contributed by atoms with Gasteiger partial charge in [0.25, 0.3) is 5.91 Å². The van der Waals surface area contributed by atoms with Gasteiger partial charge in [0.1, 0.15) is 0 Å². The van der Waals surface area contributed by atoms with Crippen LogP contribution in [0.3, 0.4) is 0 Å². The number of carbonyl (C=O) groups excluding carboxylic acids is 1. The van der Waals surface area contributed by atoms with E-state index in [1.165, 1.54) is 0 Å². The van der Waals surface area contributed by atoms with Crippen molar-refractivity contribution in [2.24, 2.45) is 0 Å². The molecule has 0 spiro atoms. The number of nitriles is 1. The van der Waals surface area contributed by atoms with E-state index >= 15 is 0 Å². The number of amides is 1. The van der Waals surface area contributed by atoms with Crippen molar-refractivity contribution in [1.29, 1.82) is 5.26 Å². The lowest BCUT2D eigenvalue weighted by Crippen LogP contribution is -2.35. The van der Waals surface area contributed by atoms with Crippen LogP contribution in [0.4, 0.5) is 0 Å². The van der Waals surface area contributed by atoms with Gasteiger partial charge in [0.05, 0.1) is 24.7 Å². The van der Waals surface area contributed by atoms with Crippen molar-refractivity contribution in [2.45, 2.75) is 34.8 Å². The molecule has 0 aliphatic carbocycles. The summed E-state index contributed by atoms with van der Waals surface area (Å²) < 4.78 is 0. The van der Waals surface area contributed by atoms with Crippen molar-refractivity contribution in [3.8, 4) is 17.3 Å². The molecule has 3 heterocycles. The fourth-order valence-electron chi connectivity index (χ4n) is 4.28. The molecular weight excluding hydrogens is 392 g/mol. The maximum Gasteiger partial charge on any atom is 0.254 e. The molecule has 30 heavy (non-hydrogen) atoms. The highest BCUT2D eigenvalue weighted by atomic mass is 32.2. The number of hydrogen-bond acceptors (Lipinski definition) is 5. The van der Waals surface area contributed by atoms with Gasteiger partial charge in [-0.05, 0) is 48.4 Å². The minimum absolute atomic E-state index is 0.0506. The third-order valence-electron chi connectivity index (χ3n) is 5.91. The second kappa shape index (κ2) is 7.51. The van der Waals surface area contributed by atoms with E-state index in [0.29, 0.717) is 12.1 Å². The predicted molar refractivity (Wildman–Crippen MR) is 116 cm³/mol. The summed E-state index contributed by atoms with van der Waals surface area (Å²) in [6.07, 6.45) is 5.89. The van der Waals surface area contributed by atoms with Crippen LogP contribution in [0.25, 0.3) is 11.1 Å². The summed E-state index contributed by atoms with van der Waals surface area (Å²) in [5, 5.41) is 9.14. The SMILES string of the molecule is CC1[C@H]2C(CN1C#N)N2C(=O)c1ccc(-c2ccncc2Sc2ccccc2)cc1. The number of likely N-dealkylation sites (tertiary alicyclic amines) is 1. The number of aromatic nitrogens is 1. The number of fused-ring (bicyclic) bond motifs is 1. The summed E-state index contributed by atoms with van der Waals surface area (Å²) >= 11 is 1.68. The first kappa shape index (κ1) is 18.7. The molecule has 2 saturated heterocycles. The fourth-order valence-corrected chi connectivity index (χ4v) is 5.23. The van der Waals surface area contributed by atoms with E-state index in [2.05, 4.69) is 23.3 Å². The van der Waals surface area contributed by atoms with Crippen molar-refractivity contribution >= 4 is 17.7 Å². The van der Waals surface area contributed by atoms with Crippen molar-refractivity contribution in [2.75, 3.05) is 6.54 Å². The monoisotopic (exact) mass is 412 g/mol. The first-order chi connectivity index (χ1) is 14.7. The Hall–Kier alpha value is -3.30. The Bertz CT molecular complexity index is 1130. The zero-order valence-electron chi connectivity index (χ0n) is 16.5. The number of piperazine rings is 1. The molecule has 0 radical (unpaired) electrons. The van der Waals surface area contributed by atoms with Crippen LogP contribution in [0.5, 0.6) is 0 Å². The number of nitrogens with zero attached hydrogens (tertiary/aromatic N) is 4. The van der Waals surface area contributed by atoms with E-state index in [1.807, 2.05) is 66.6 Å². The van der Waals surface area contributed by atoms with Crippen LogP contribution in [0.1, 0.15) is 17.3 Å². The van der Waals surface area contributed by atoms with Gasteiger partial charge in [-0.3, -0.25) is 9.78 Å². The van der Waals surface area contributed by atoms with Gasteiger partial charge >= 0.3 is 0 Å². The number of hydrogen-bond donors (Lipinski definition) is 0. The van der Waals surface area contributed by atoms with Gasteiger partial charge in [0, 0.05) is 27.7 Å². The Morgan fingerprint density at radius 1 is 1.13 bits per heavy atom. The third-order valence-corrected chi connectivity index (χ3v) is 6.97. The van der Waals surface area contributed by atoms with Crippen LogP contribution in [-0.4, -0.2) is 45.4 Å². The molecule has 3 atom stereocenters. The predicted octanol–water partition coefficient (Wildman–Crippen LogP) is 4.28. The van der Waals surface area contributed by atoms with E-state index in [4.69, 9.17) is 5.26 Å². The van der Waals surface area contributed by atoms with Gasteiger partial charge in [-0.25, -0.2) is 0 Å². The van der Waals surface area contributed by atoms with Crippen LogP contribution in [0.15, 0.2) is 82.8 Å². The number of rotatable bonds is 4. The van der Waals surface area contributed by atoms with Crippen molar-refractivity contribution < 1.29 is 4.79 Å². The number of benzene rings is 2. The van der Waals surface area contributed by atoms with E-state index in [-0.39, 0.29) is 24.0 Å². The summed E-state index contributed by atoms with van der Waals surface area (Å²) in [7, 11) is 0. The summed E-state index contributed by atoms with van der Waals surface area (Å²) in [6, 6.07) is 20.5. The highest BCUT2D eigenvalue weighted by molar-refractivity contribution is 7.99. The molecule has 5 rings (SSSR count). The molecule has 0 bridgehead atoms. The Labute approximate surface area is 180 Å². The van der Waals surface area contributed by atoms with E-state index in [1.54, 1.807) is 22.9 Å². The van der Waals surface area contributed by atoms with E-state index < -0.39 is 0 Å². The maximum absolute atomic E-state index is 12.9. The van der Waals surface area contributed by atoms with Crippen molar-refractivity contribution in [3.05, 3.63) is 78.6 Å². The molecule has 5 nitrogen and oxygen atoms in total. The van der Waals surface area contributed by atoms with Crippen LogP contribution in [0.2, 0.25) is 0 Å². The Kier molecular flexibility index (Phi) is 4.68. The molecule has 3 aromatic rings. The van der Waals surface area contributed by atoms with Crippen molar-refractivity contribution in [1.82, 2.24) is 14.8 Å². The molecule has 0 saturated carbocycles. The molecule has 2 aliphatic rings. The van der Waals surface area contributed by atoms with Gasteiger partial charge < -0.3 is 9.80 Å². The van der Waals surface area contributed by atoms with Crippen LogP contribution in [0, 0.1) is 11.5 Å². The first-order valence-corrected chi connectivity index (χ1v) is 10.8. The number of pyridine rings is 1. The third kappa shape index (κ3) is 3.21. The normalized spacial score (nSPS) is 21.8. The average molecular weight is 413 g/mol. The lowest BCUT2D eigenvalue weighted by molar-refractivity contribution is 0.0832. The minimum Gasteiger partial charge on any atom is -0.324 e. The largest absolute Gasteiger partial charge is 0.324 e. The summed E-state index contributed by atoms with van der Waals surface area (Å²) in [5.41, 5.74) is 2.84. The highest BCUT2D eigenvalue weighted by Gasteiger charge is 2.60. The first-order valence-electron chi connectivity index (χ1n) is 9.94. The van der Waals surface area contributed by atoms with Crippen molar-refractivity contribution in [3.63, 3.8) is 0 Å². The number of carbonyl (C=O) groups is 1. The van der Waals surface area contributed by atoms with Crippen LogP contribution >= 0.6 is 11.8 Å². The minimum atomic E-state index is 0.0506. The quantitative estimate of drug-likeness (QED) is 0.473. The molecule has 2 fully saturated rings. The highest BCUT2D eigenvalue weighted by Crippen LogP contribution is 2.41. The van der Waals surface area contributed by atoms with Gasteiger partial charge in [0.2, 0.25) is 0 Å². The molecule has 2 aliphatic heterocycles. The molecule has 148 valence electrons. The fraction of sp³-hybridized carbons (Fsp3) is 0.208. The summed E-state index contributed by atoms with van der Waals surface area (Å²) in [6.45, 7) is 2.66. The maximum atomic E-state index is 12.9. The lowest BCUT2D eigenvalue weighted by Gasteiger charge is -2.21. The van der Waals surface area contributed by atoms with Gasteiger partial charge in [0.15, 0.2) is 6.19 Å². The Morgan fingerprint density at radius 3 is 2.57 bits per heavy atom. The van der Waals surface area contributed by atoms with Crippen LogP contribution < -0.4 is 0 Å². The van der Waals surface area contributed by atoms with Gasteiger partial charge in [-0.2, -0.15) is 5.26 Å². The molecule has 2 unspecified atom stereocenters. The van der Waals surface area contributed by atoms with Gasteiger partial charge in [-0.15, -0.1) is 0 Å². The zero-order valence-corrected chi connectivity index (χ0v) is 17.3. The lowest BCUT2D eigenvalue weighted by atomic mass is 10.0. The van der Waals surface area contributed by atoms with E-state index in [9.17, 15) is 4.79 Å². The Balaban J connectivity index is 1.34. The topological polar surface area (TPSA) is 60.0 Å². The molecule has 2 aromatic carbocycles. The van der Waals surface area contributed by atoms with Crippen LogP contribution in [-0.2, 0) is 0 Å². The van der Waals surface area contributed by atoms with E-state index in [0.717, 1.165) is 20.9 Å². The smallest absolute Gasteiger partial charge is 0.254 e. The summed E-state index contributed by atoms with van der Waals surface area (Å²) in [5.74, 6) is 0.0506. The molecule has 6 heteroatoms. The second-order valence-corrected chi connectivity index (χ2v) is 8.74. The standard InChI is InChI=1S/C24H20N4OS/c1-16-23-21(14-27(16)15-25)28(23)24(29)18-9-7-17(8-10-18)20-11-12-26-13-22(20)30-19-5-3-2-4-6-19/h2-13,16,21,23H,14H2,1H3/t16?,21?,23-,28?/m0/s1. The Morgan fingerprint density at radius 2 is 1.90 bits per heavy atom. The summed E-state index contributed by atoms with van der Waals surface area (Å²) in [4.78, 5) is 23.1. The second-order valence-electron chi connectivity index (χ2n) is 7.63. The molecule has 1 aromatic heterocycles. The van der Waals surface area contributed by atoms with Gasteiger partial charge in [-0.1, -0.05) is 42.1 Å². The molecule has 0 N–H and O–H groups in total. The molecular formula is C24H20N4OS. The zero-order chi connectivity index (χ0) is 20.7. The average Bonchev–Trinajstić information content (AvgIpc) is 3.42.